The Kier molecular flexibility index (Phi) is 4.11. The molecular formula is C16H19NO4. The van der Waals surface area contributed by atoms with Gasteiger partial charge in [0, 0.05) is 17.2 Å². The monoisotopic (exact) mass is 289 g/mol. The molecule has 21 heavy (non-hydrogen) atoms. The molecule has 5 nitrogen and oxygen atoms in total. The second-order valence-electron chi connectivity index (χ2n) is 5.95. The Morgan fingerprint density at radius 2 is 2.05 bits per heavy atom. The highest BCUT2D eigenvalue weighted by molar-refractivity contribution is 5.83. The SMILES string of the molecule is COC(=O)CCc1cccc2c(C(C)(C)C)nc(=O)oc12. The van der Waals surface area contributed by atoms with Gasteiger partial charge in [0.25, 0.3) is 0 Å². The van der Waals surface area contributed by atoms with Crippen LogP contribution in [-0.4, -0.2) is 18.1 Å². The predicted molar refractivity (Wildman–Crippen MR) is 79.3 cm³/mol. The number of fused-ring (bicyclic) bond motifs is 1. The predicted octanol–water partition coefficient (Wildman–Crippen LogP) is 2.59. The fourth-order valence-corrected chi connectivity index (χ4v) is 2.26. The molecule has 0 bridgehead atoms. The largest absolute Gasteiger partial charge is 0.469 e. The Morgan fingerprint density at radius 1 is 1.33 bits per heavy atom. The van der Waals surface area contributed by atoms with Crippen molar-refractivity contribution in [2.24, 2.45) is 0 Å². The summed E-state index contributed by atoms with van der Waals surface area (Å²) in [5.41, 5.74) is 1.75. The lowest BCUT2D eigenvalue weighted by atomic mass is 9.88. The molecule has 1 aromatic heterocycles. The number of carbonyl (C=O) groups excluding carboxylic acids is 1. The fraction of sp³-hybridized carbons (Fsp3) is 0.438. The third kappa shape index (κ3) is 3.29. The maximum atomic E-state index is 11.7. The molecule has 2 rings (SSSR count). The van der Waals surface area contributed by atoms with Gasteiger partial charge in [0.05, 0.1) is 12.8 Å². The number of rotatable bonds is 3. The van der Waals surface area contributed by atoms with Gasteiger partial charge in [-0.2, -0.15) is 4.98 Å². The van der Waals surface area contributed by atoms with E-state index >= 15 is 0 Å². The van der Waals surface area contributed by atoms with Gasteiger partial charge in [-0.25, -0.2) is 4.79 Å². The van der Waals surface area contributed by atoms with Crippen molar-refractivity contribution in [2.45, 2.75) is 39.0 Å². The molecule has 112 valence electrons. The molecule has 0 atom stereocenters. The van der Waals surface area contributed by atoms with Crippen LogP contribution >= 0.6 is 0 Å². The topological polar surface area (TPSA) is 69.4 Å². The Labute approximate surface area is 122 Å². The first-order valence-electron chi connectivity index (χ1n) is 6.83. The highest BCUT2D eigenvalue weighted by atomic mass is 16.5. The van der Waals surface area contributed by atoms with E-state index in [0.29, 0.717) is 17.7 Å². The molecule has 0 unspecified atom stereocenters. The molecule has 0 aliphatic carbocycles. The second kappa shape index (κ2) is 5.68. The van der Waals surface area contributed by atoms with Crippen molar-refractivity contribution in [2.75, 3.05) is 7.11 Å². The van der Waals surface area contributed by atoms with Crippen molar-refractivity contribution in [3.8, 4) is 0 Å². The highest BCUT2D eigenvalue weighted by Gasteiger charge is 2.21. The minimum atomic E-state index is -0.613. The Bertz CT molecular complexity index is 725. The molecule has 1 heterocycles. The van der Waals surface area contributed by atoms with Crippen LogP contribution in [0.2, 0.25) is 0 Å². The molecule has 5 heteroatoms. The molecule has 0 N–H and O–H groups in total. The number of carbonyl (C=O) groups is 1. The lowest BCUT2D eigenvalue weighted by molar-refractivity contribution is -0.140. The van der Waals surface area contributed by atoms with Gasteiger partial charge in [-0.1, -0.05) is 32.9 Å². The maximum absolute atomic E-state index is 11.7. The number of aromatic nitrogens is 1. The molecule has 0 amide bonds. The first-order chi connectivity index (χ1) is 9.82. The number of benzene rings is 1. The van der Waals surface area contributed by atoms with Crippen molar-refractivity contribution in [1.29, 1.82) is 0 Å². The summed E-state index contributed by atoms with van der Waals surface area (Å²) in [4.78, 5) is 27.0. The quantitative estimate of drug-likeness (QED) is 0.812. The van der Waals surface area contributed by atoms with Crippen molar-refractivity contribution in [3.63, 3.8) is 0 Å². The molecule has 0 spiro atoms. The molecule has 0 radical (unpaired) electrons. The maximum Gasteiger partial charge on any atom is 0.439 e. The number of nitrogens with zero attached hydrogens (tertiary/aromatic N) is 1. The summed E-state index contributed by atoms with van der Waals surface area (Å²) in [6, 6.07) is 5.61. The van der Waals surface area contributed by atoms with E-state index in [1.165, 1.54) is 7.11 Å². The van der Waals surface area contributed by atoms with Crippen LogP contribution in [0.25, 0.3) is 11.0 Å². The molecule has 0 fully saturated rings. The molecule has 0 aliphatic heterocycles. The molecule has 1 aromatic carbocycles. The van der Waals surface area contributed by atoms with E-state index < -0.39 is 5.76 Å². The second-order valence-corrected chi connectivity index (χ2v) is 5.95. The van der Waals surface area contributed by atoms with Crippen molar-refractivity contribution >= 4 is 16.9 Å². The van der Waals surface area contributed by atoms with Crippen LogP contribution in [0.5, 0.6) is 0 Å². The van der Waals surface area contributed by atoms with Gasteiger partial charge < -0.3 is 9.15 Å². The highest BCUT2D eigenvalue weighted by Crippen LogP contribution is 2.28. The molecule has 2 aromatic rings. The summed E-state index contributed by atoms with van der Waals surface area (Å²) in [5.74, 6) is -0.905. The number of hydrogen-bond acceptors (Lipinski definition) is 5. The average molecular weight is 289 g/mol. The molecule has 0 saturated carbocycles. The first-order valence-corrected chi connectivity index (χ1v) is 6.83. The average Bonchev–Trinajstić information content (AvgIpc) is 2.42. The van der Waals surface area contributed by atoms with Crippen molar-refractivity contribution < 1.29 is 13.9 Å². The van der Waals surface area contributed by atoms with Gasteiger partial charge in [-0.05, 0) is 18.1 Å². The van der Waals surface area contributed by atoms with Crippen molar-refractivity contribution in [3.05, 3.63) is 40.0 Å². The Balaban J connectivity index is 2.57. The number of aryl methyl sites for hydroxylation is 1. The molecular weight excluding hydrogens is 270 g/mol. The van der Waals surface area contributed by atoms with Crippen LogP contribution in [0.15, 0.2) is 27.4 Å². The summed E-state index contributed by atoms with van der Waals surface area (Å²) in [5, 5.41) is 0.810. The van der Waals surface area contributed by atoms with Gasteiger partial charge in [-0.3, -0.25) is 4.79 Å². The van der Waals surface area contributed by atoms with Crippen LogP contribution in [0, 0.1) is 0 Å². The number of methoxy groups -OCH3 is 1. The lowest BCUT2D eigenvalue weighted by Gasteiger charge is -2.19. The van der Waals surface area contributed by atoms with E-state index in [-0.39, 0.29) is 17.8 Å². The normalized spacial score (nSPS) is 11.6. The van der Waals surface area contributed by atoms with Crippen LogP contribution in [0.4, 0.5) is 0 Å². The smallest absolute Gasteiger partial charge is 0.439 e. The van der Waals surface area contributed by atoms with E-state index in [1.807, 2.05) is 39.0 Å². The van der Waals surface area contributed by atoms with Crippen LogP contribution in [0.3, 0.4) is 0 Å². The summed E-state index contributed by atoms with van der Waals surface area (Å²) >= 11 is 0. The van der Waals surface area contributed by atoms with Crippen LogP contribution < -0.4 is 5.76 Å². The fourth-order valence-electron chi connectivity index (χ4n) is 2.26. The Hall–Kier alpha value is -2.17. The summed E-state index contributed by atoms with van der Waals surface area (Å²) < 4.78 is 9.92. The van der Waals surface area contributed by atoms with E-state index in [4.69, 9.17) is 4.42 Å². The van der Waals surface area contributed by atoms with E-state index in [0.717, 1.165) is 10.9 Å². The summed E-state index contributed by atoms with van der Waals surface area (Å²) in [6.07, 6.45) is 0.701. The van der Waals surface area contributed by atoms with Crippen LogP contribution in [-0.2, 0) is 21.4 Å². The van der Waals surface area contributed by atoms with Gasteiger partial charge in [0.2, 0.25) is 0 Å². The zero-order chi connectivity index (χ0) is 15.6. The number of esters is 1. The van der Waals surface area contributed by atoms with Gasteiger partial charge in [0.15, 0.2) is 0 Å². The van der Waals surface area contributed by atoms with Gasteiger partial charge in [0.1, 0.15) is 5.58 Å². The third-order valence-corrected chi connectivity index (χ3v) is 3.28. The summed E-state index contributed by atoms with van der Waals surface area (Å²) in [7, 11) is 1.35. The number of para-hydroxylation sites is 1. The number of ether oxygens (including phenoxy) is 1. The summed E-state index contributed by atoms with van der Waals surface area (Å²) in [6.45, 7) is 5.99. The van der Waals surface area contributed by atoms with E-state index in [2.05, 4.69) is 9.72 Å². The zero-order valence-corrected chi connectivity index (χ0v) is 12.7. The van der Waals surface area contributed by atoms with E-state index in [1.54, 1.807) is 0 Å². The van der Waals surface area contributed by atoms with Crippen molar-refractivity contribution in [1.82, 2.24) is 4.98 Å². The number of hydrogen-bond donors (Lipinski definition) is 0. The van der Waals surface area contributed by atoms with Gasteiger partial charge in [-0.15, -0.1) is 0 Å². The minimum Gasteiger partial charge on any atom is -0.469 e. The van der Waals surface area contributed by atoms with E-state index in [9.17, 15) is 9.59 Å². The molecule has 0 saturated heterocycles. The lowest BCUT2D eigenvalue weighted by Crippen LogP contribution is -2.20. The van der Waals surface area contributed by atoms with Crippen LogP contribution in [0.1, 0.15) is 38.4 Å². The zero-order valence-electron chi connectivity index (χ0n) is 12.7. The van der Waals surface area contributed by atoms with Gasteiger partial charge >= 0.3 is 11.7 Å². The Morgan fingerprint density at radius 3 is 2.67 bits per heavy atom. The molecule has 0 aliphatic rings. The third-order valence-electron chi connectivity index (χ3n) is 3.28. The minimum absolute atomic E-state index is 0.243. The first kappa shape index (κ1) is 15.2. The standard InChI is InChI=1S/C16H19NO4/c1-16(2,3)14-11-7-5-6-10(8-9-12(18)20-4)13(11)21-15(19)17-14/h5-7H,8-9H2,1-4H3.